The van der Waals surface area contributed by atoms with Crippen molar-refractivity contribution in [2.45, 2.75) is 31.4 Å². The van der Waals surface area contributed by atoms with Gasteiger partial charge in [0.25, 0.3) is 0 Å². The molecule has 0 aromatic heterocycles. The quantitative estimate of drug-likeness (QED) is 0.690. The molecule has 0 saturated heterocycles. The monoisotopic (exact) mass is 270 g/mol. The lowest BCUT2D eigenvalue weighted by Crippen LogP contribution is -2.29. The summed E-state index contributed by atoms with van der Waals surface area (Å²) in [6.07, 6.45) is 2.89. The molecule has 5 nitrogen and oxygen atoms in total. The van der Waals surface area contributed by atoms with Gasteiger partial charge in [-0.25, -0.2) is 8.42 Å². The first-order chi connectivity index (χ1) is 7.28. The van der Waals surface area contributed by atoms with Crippen molar-refractivity contribution in [3.8, 4) is 0 Å². The van der Waals surface area contributed by atoms with Gasteiger partial charge in [-0.15, -0.1) is 0 Å². The second kappa shape index (κ2) is 7.01. The SMILES string of the molecule is CCCCC(C(=O)O)S(=O)CCS(C)(=O)=O. The Morgan fingerprint density at radius 1 is 1.44 bits per heavy atom. The highest BCUT2D eigenvalue weighted by Gasteiger charge is 2.24. The number of aliphatic carboxylic acids is 1. The molecule has 0 aromatic carbocycles. The predicted molar refractivity (Wildman–Crippen MR) is 63.7 cm³/mol. The van der Waals surface area contributed by atoms with Crippen molar-refractivity contribution in [3.63, 3.8) is 0 Å². The highest BCUT2D eigenvalue weighted by molar-refractivity contribution is 7.92. The van der Waals surface area contributed by atoms with Gasteiger partial charge in [0.15, 0.2) is 0 Å². The molecule has 2 unspecified atom stereocenters. The molecular weight excluding hydrogens is 252 g/mol. The van der Waals surface area contributed by atoms with Gasteiger partial charge in [0.2, 0.25) is 0 Å². The molecular formula is C9H18O5S2. The van der Waals surface area contributed by atoms with E-state index in [4.69, 9.17) is 5.11 Å². The van der Waals surface area contributed by atoms with Crippen LogP contribution in [0.2, 0.25) is 0 Å². The zero-order chi connectivity index (χ0) is 12.8. The van der Waals surface area contributed by atoms with Crippen molar-refractivity contribution in [1.82, 2.24) is 0 Å². The maximum Gasteiger partial charge on any atom is 0.319 e. The van der Waals surface area contributed by atoms with E-state index < -0.39 is 31.9 Å². The summed E-state index contributed by atoms with van der Waals surface area (Å²) in [7, 11) is -4.80. The van der Waals surface area contributed by atoms with E-state index in [0.717, 1.165) is 12.7 Å². The van der Waals surface area contributed by atoms with Crippen molar-refractivity contribution < 1.29 is 22.5 Å². The molecule has 0 bridgehead atoms. The van der Waals surface area contributed by atoms with Crippen LogP contribution in [0, 0.1) is 0 Å². The normalized spacial score (nSPS) is 15.6. The Kier molecular flexibility index (Phi) is 6.82. The van der Waals surface area contributed by atoms with Crippen LogP contribution in [0.5, 0.6) is 0 Å². The van der Waals surface area contributed by atoms with Gasteiger partial charge < -0.3 is 5.11 Å². The van der Waals surface area contributed by atoms with Gasteiger partial charge in [-0.2, -0.15) is 0 Å². The van der Waals surface area contributed by atoms with Crippen LogP contribution in [0.3, 0.4) is 0 Å². The first-order valence-corrected chi connectivity index (χ1v) is 8.50. The van der Waals surface area contributed by atoms with Crippen LogP contribution in [-0.2, 0) is 25.4 Å². The third-order valence-corrected chi connectivity index (χ3v) is 4.95. The van der Waals surface area contributed by atoms with Gasteiger partial charge in [0.05, 0.1) is 5.75 Å². The van der Waals surface area contributed by atoms with Crippen molar-refractivity contribution >= 4 is 26.6 Å². The number of sulfone groups is 1. The van der Waals surface area contributed by atoms with E-state index in [-0.39, 0.29) is 11.5 Å². The lowest BCUT2D eigenvalue weighted by atomic mass is 10.2. The number of hydrogen-bond acceptors (Lipinski definition) is 4. The highest BCUT2D eigenvalue weighted by Crippen LogP contribution is 2.09. The Hall–Kier alpha value is -0.430. The molecule has 1 N–H and O–H groups in total. The molecule has 0 amide bonds. The summed E-state index contributed by atoms with van der Waals surface area (Å²) in [5, 5.41) is 7.91. The van der Waals surface area contributed by atoms with E-state index in [2.05, 4.69) is 0 Å². The summed E-state index contributed by atoms with van der Waals surface area (Å²) in [5.41, 5.74) is 0. The third-order valence-electron chi connectivity index (χ3n) is 2.07. The first-order valence-electron chi connectivity index (χ1n) is 5.05. The fourth-order valence-corrected chi connectivity index (χ4v) is 3.94. The topological polar surface area (TPSA) is 88.5 Å². The fourth-order valence-electron chi connectivity index (χ4n) is 1.13. The Morgan fingerprint density at radius 2 is 2.00 bits per heavy atom. The molecule has 0 saturated carbocycles. The van der Waals surface area contributed by atoms with Gasteiger partial charge in [0, 0.05) is 22.8 Å². The second-order valence-electron chi connectivity index (χ2n) is 3.68. The molecule has 0 spiro atoms. The molecule has 0 rings (SSSR count). The molecule has 2 atom stereocenters. The second-order valence-corrected chi connectivity index (χ2v) is 7.68. The Morgan fingerprint density at radius 3 is 2.38 bits per heavy atom. The lowest BCUT2D eigenvalue weighted by Gasteiger charge is -2.10. The summed E-state index contributed by atoms with van der Waals surface area (Å²) in [4.78, 5) is 10.8. The van der Waals surface area contributed by atoms with Gasteiger partial charge in [0.1, 0.15) is 15.1 Å². The summed E-state index contributed by atoms with van der Waals surface area (Å²) in [6, 6.07) is 0. The summed E-state index contributed by atoms with van der Waals surface area (Å²) >= 11 is 0. The largest absolute Gasteiger partial charge is 0.480 e. The summed E-state index contributed by atoms with van der Waals surface area (Å²) in [5.74, 6) is -1.44. The van der Waals surface area contributed by atoms with Crippen LogP contribution in [-0.4, -0.2) is 46.7 Å². The van der Waals surface area contributed by atoms with Crippen LogP contribution in [0.15, 0.2) is 0 Å². The van der Waals surface area contributed by atoms with Crippen LogP contribution >= 0.6 is 0 Å². The molecule has 16 heavy (non-hydrogen) atoms. The number of unbranched alkanes of at least 4 members (excludes halogenated alkanes) is 1. The molecule has 0 heterocycles. The van der Waals surface area contributed by atoms with E-state index in [9.17, 15) is 17.4 Å². The lowest BCUT2D eigenvalue weighted by molar-refractivity contribution is -0.136. The molecule has 0 radical (unpaired) electrons. The number of rotatable bonds is 8. The summed E-state index contributed by atoms with van der Waals surface area (Å²) in [6.45, 7) is 1.92. The van der Waals surface area contributed by atoms with Crippen LogP contribution in [0.25, 0.3) is 0 Å². The molecule has 0 fully saturated rings. The molecule has 96 valence electrons. The van der Waals surface area contributed by atoms with E-state index in [1.807, 2.05) is 6.92 Å². The van der Waals surface area contributed by atoms with E-state index in [0.29, 0.717) is 12.8 Å². The van der Waals surface area contributed by atoms with Crippen molar-refractivity contribution in [2.75, 3.05) is 17.8 Å². The van der Waals surface area contributed by atoms with Gasteiger partial charge in [-0.1, -0.05) is 19.8 Å². The molecule has 0 aromatic rings. The third kappa shape index (κ3) is 6.95. The molecule has 0 aliphatic rings. The number of hydrogen-bond donors (Lipinski definition) is 1. The summed E-state index contributed by atoms with van der Waals surface area (Å²) < 4.78 is 33.3. The van der Waals surface area contributed by atoms with E-state index in [1.165, 1.54) is 0 Å². The highest BCUT2D eigenvalue weighted by atomic mass is 32.2. The van der Waals surface area contributed by atoms with Gasteiger partial charge in [-0.3, -0.25) is 9.00 Å². The molecule has 7 heteroatoms. The van der Waals surface area contributed by atoms with Crippen LogP contribution < -0.4 is 0 Å². The minimum atomic E-state index is -3.18. The van der Waals surface area contributed by atoms with Crippen molar-refractivity contribution in [3.05, 3.63) is 0 Å². The van der Waals surface area contributed by atoms with Crippen molar-refractivity contribution in [1.29, 1.82) is 0 Å². The smallest absolute Gasteiger partial charge is 0.319 e. The van der Waals surface area contributed by atoms with Gasteiger partial charge >= 0.3 is 5.97 Å². The average molecular weight is 270 g/mol. The van der Waals surface area contributed by atoms with Crippen molar-refractivity contribution in [2.24, 2.45) is 0 Å². The van der Waals surface area contributed by atoms with E-state index >= 15 is 0 Å². The van der Waals surface area contributed by atoms with E-state index in [1.54, 1.807) is 0 Å². The zero-order valence-corrected chi connectivity index (χ0v) is 11.1. The number of carbonyl (C=O) groups is 1. The fraction of sp³-hybridized carbons (Fsp3) is 0.889. The van der Waals surface area contributed by atoms with Crippen LogP contribution in [0.4, 0.5) is 0 Å². The molecule has 0 aliphatic heterocycles. The van der Waals surface area contributed by atoms with Crippen LogP contribution in [0.1, 0.15) is 26.2 Å². The molecule has 0 aliphatic carbocycles. The maximum absolute atomic E-state index is 11.6. The Labute approximate surface area is 98.6 Å². The standard InChI is InChI=1S/C9H18O5S2/c1-3-4-5-8(9(10)11)15(12)6-7-16(2,13)14/h8H,3-7H2,1-2H3,(H,10,11). The minimum Gasteiger partial charge on any atom is -0.480 e. The Balaban J connectivity index is 4.34. The van der Waals surface area contributed by atoms with Gasteiger partial charge in [-0.05, 0) is 6.42 Å². The Bertz CT molecular complexity index is 347. The average Bonchev–Trinajstić information content (AvgIpc) is 2.13. The minimum absolute atomic E-state index is 0.0977. The number of carboxylic acid groups (broad SMARTS) is 1. The number of carboxylic acids is 1. The zero-order valence-electron chi connectivity index (χ0n) is 9.51. The predicted octanol–water partition coefficient (Wildman–Crippen LogP) is 0.423. The maximum atomic E-state index is 11.6. The first kappa shape index (κ1) is 15.6.